The Morgan fingerprint density at radius 2 is 1.68 bits per heavy atom. The molecule has 0 spiro atoms. The molecule has 0 bridgehead atoms. The van der Waals surface area contributed by atoms with Crippen molar-refractivity contribution < 1.29 is 4.52 Å². The molecule has 3 rings (SSSR count). The number of hydrogen-bond donors (Lipinski definition) is 1. The Balaban J connectivity index is 1.95. The van der Waals surface area contributed by atoms with Crippen molar-refractivity contribution in [2.24, 2.45) is 5.73 Å². The molecule has 1 atom stereocenters. The first-order valence-corrected chi connectivity index (χ1v) is 8.68. The van der Waals surface area contributed by atoms with Gasteiger partial charge in [0.2, 0.25) is 11.7 Å². The molecule has 1 aromatic heterocycles. The van der Waals surface area contributed by atoms with Gasteiger partial charge in [-0.25, -0.2) is 0 Å². The quantitative estimate of drug-likeness (QED) is 0.713. The van der Waals surface area contributed by atoms with Crippen LogP contribution in [0.5, 0.6) is 0 Å². The van der Waals surface area contributed by atoms with E-state index < -0.39 is 0 Å². The van der Waals surface area contributed by atoms with Gasteiger partial charge in [-0.3, -0.25) is 4.90 Å². The van der Waals surface area contributed by atoms with Crippen LogP contribution in [0.2, 0.25) is 0 Å². The zero-order chi connectivity index (χ0) is 17.6. The molecule has 1 heterocycles. The Morgan fingerprint density at radius 3 is 2.28 bits per heavy atom. The van der Waals surface area contributed by atoms with E-state index in [4.69, 9.17) is 10.3 Å². The summed E-state index contributed by atoms with van der Waals surface area (Å²) < 4.78 is 5.65. The summed E-state index contributed by atoms with van der Waals surface area (Å²) >= 11 is 0. The van der Waals surface area contributed by atoms with Gasteiger partial charge in [0.05, 0.1) is 0 Å². The molecule has 0 aliphatic carbocycles. The predicted octanol–water partition coefficient (Wildman–Crippen LogP) is 3.63. The van der Waals surface area contributed by atoms with Crippen molar-refractivity contribution in [2.75, 3.05) is 13.1 Å². The molecule has 0 aliphatic heterocycles. The zero-order valence-electron chi connectivity index (χ0n) is 14.7. The van der Waals surface area contributed by atoms with E-state index in [0.29, 0.717) is 18.3 Å². The van der Waals surface area contributed by atoms with E-state index in [9.17, 15) is 0 Å². The third kappa shape index (κ3) is 3.78. The van der Waals surface area contributed by atoms with Crippen molar-refractivity contribution in [1.82, 2.24) is 15.0 Å². The Labute approximate surface area is 148 Å². The first-order chi connectivity index (χ1) is 12.3. The van der Waals surface area contributed by atoms with Crippen molar-refractivity contribution in [3.63, 3.8) is 0 Å². The standard InChI is InChI=1S/C20H24N4O/c1-3-24(4-2)18(16-8-6-5-7-9-16)20-22-19(23-25-20)17-12-10-15(14-21)11-13-17/h5-13,18H,3-4,14,21H2,1-2H3. The number of nitrogens with zero attached hydrogens (tertiary/aromatic N) is 3. The first kappa shape index (κ1) is 17.3. The van der Waals surface area contributed by atoms with E-state index in [1.807, 2.05) is 42.5 Å². The van der Waals surface area contributed by atoms with Crippen molar-refractivity contribution in [1.29, 1.82) is 0 Å². The SMILES string of the molecule is CCN(CC)C(c1ccccc1)c1nc(-c2ccc(CN)cc2)no1. The van der Waals surface area contributed by atoms with Crippen LogP contribution in [0.1, 0.15) is 36.9 Å². The van der Waals surface area contributed by atoms with Gasteiger partial charge in [0, 0.05) is 12.1 Å². The normalized spacial score (nSPS) is 12.5. The molecule has 2 N–H and O–H groups in total. The lowest BCUT2D eigenvalue weighted by molar-refractivity contribution is 0.205. The monoisotopic (exact) mass is 336 g/mol. The summed E-state index contributed by atoms with van der Waals surface area (Å²) in [4.78, 5) is 6.99. The Morgan fingerprint density at radius 1 is 1.00 bits per heavy atom. The van der Waals surface area contributed by atoms with Crippen LogP contribution < -0.4 is 5.73 Å². The lowest BCUT2D eigenvalue weighted by Crippen LogP contribution is -2.29. The molecule has 0 saturated heterocycles. The highest BCUT2D eigenvalue weighted by Gasteiger charge is 2.26. The second-order valence-electron chi connectivity index (χ2n) is 5.89. The smallest absolute Gasteiger partial charge is 0.248 e. The Hall–Kier alpha value is -2.50. The second-order valence-corrected chi connectivity index (χ2v) is 5.89. The van der Waals surface area contributed by atoms with E-state index in [-0.39, 0.29) is 6.04 Å². The highest BCUT2D eigenvalue weighted by Crippen LogP contribution is 2.28. The summed E-state index contributed by atoms with van der Waals surface area (Å²) in [5.74, 6) is 1.22. The number of aromatic nitrogens is 2. The van der Waals surface area contributed by atoms with Gasteiger partial charge in [-0.1, -0.05) is 73.6 Å². The predicted molar refractivity (Wildman–Crippen MR) is 98.8 cm³/mol. The molecule has 5 heteroatoms. The molecule has 25 heavy (non-hydrogen) atoms. The average Bonchev–Trinajstić information content (AvgIpc) is 3.16. The maximum absolute atomic E-state index is 5.66. The molecule has 0 amide bonds. The minimum atomic E-state index is -0.0410. The van der Waals surface area contributed by atoms with Crippen LogP contribution >= 0.6 is 0 Å². The van der Waals surface area contributed by atoms with Gasteiger partial charge in [-0.2, -0.15) is 4.98 Å². The first-order valence-electron chi connectivity index (χ1n) is 8.68. The summed E-state index contributed by atoms with van der Waals surface area (Å²) in [6.07, 6.45) is 0. The Bertz CT molecular complexity index is 779. The number of rotatable bonds is 7. The third-order valence-corrected chi connectivity index (χ3v) is 4.42. The molecule has 5 nitrogen and oxygen atoms in total. The van der Waals surface area contributed by atoms with Crippen LogP contribution in [0.15, 0.2) is 59.1 Å². The van der Waals surface area contributed by atoms with E-state index >= 15 is 0 Å². The summed E-state index contributed by atoms with van der Waals surface area (Å²) in [6, 6.07) is 18.2. The molecule has 0 radical (unpaired) electrons. The fourth-order valence-corrected chi connectivity index (χ4v) is 2.99. The van der Waals surface area contributed by atoms with E-state index in [2.05, 4.69) is 41.0 Å². The van der Waals surface area contributed by atoms with Crippen LogP contribution in [0, 0.1) is 0 Å². The van der Waals surface area contributed by atoms with Crippen LogP contribution in [-0.2, 0) is 6.54 Å². The molecule has 3 aromatic rings. The highest BCUT2D eigenvalue weighted by atomic mass is 16.5. The van der Waals surface area contributed by atoms with E-state index in [0.717, 1.165) is 29.8 Å². The molecule has 130 valence electrons. The molecule has 1 unspecified atom stereocenters. The van der Waals surface area contributed by atoms with Crippen molar-refractivity contribution in [3.8, 4) is 11.4 Å². The minimum absolute atomic E-state index is 0.0410. The Kier molecular flexibility index (Phi) is 5.58. The van der Waals surface area contributed by atoms with Gasteiger partial charge in [-0.05, 0) is 24.2 Å². The highest BCUT2D eigenvalue weighted by molar-refractivity contribution is 5.54. The molecule has 0 aliphatic rings. The summed E-state index contributed by atoms with van der Waals surface area (Å²) in [6.45, 7) is 6.61. The van der Waals surface area contributed by atoms with Crippen LogP contribution in [-0.4, -0.2) is 28.1 Å². The lowest BCUT2D eigenvalue weighted by atomic mass is 10.1. The minimum Gasteiger partial charge on any atom is -0.337 e. The van der Waals surface area contributed by atoms with Crippen molar-refractivity contribution in [2.45, 2.75) is 26.4 Å². The van der Waals surface area contributed by atoms with E-state index in [1.165, 1.54) is 0 Å². The van der Waals surface area contributed by atoms with Gasteiger partial charge in [0.1, 0.15) is 6.04 Å². The number of hydrogen-bond acceptors (Lipinski definition) is 5. The summed E-state index contributed by atoms with van der Waals surface area (Å²) in [5, 5.41) is 4.20. The second kappa shape index (κ2) is 8.05. The topological polar surface area (TPSA) is 68.2 Å². The van der Waals surface area contributed by atoms with Gasteiger partial charge in [0.25, 0.3) is 0 Å². The van der Waals surface area contributed by atoms with Crippen LogP contribution in [0.4, 0.5) is 0 Å². The molecular weight excluding hydrogens is 312 g/mol. The van der Waals surface area contributed by atoms with Gasteiger partial charge in [0.15, 0.2) is 0 Å². The lowest BCUT2D eigenvalue weighted by Gasteiger charge is -2.26. The summed E-state index contributed by atoms with van der Waals surface area (Å²) in [7, 11) is 0. The van der Waals surface area contributed by atoms with Crippen LogP contribution in [0.3, 0.4) is 0 Å². The van der Waals surface area contributed by atoms with Crippen molar-refractivity contribution in [3.05, 3.63) is 71.6 Å². The zero-order valence-corrected chi connectivity index (χ0v) is 14.7. The van der Waals surface area contributed by atoms with Crippen molar-refractivity contribution >= 4 is 0 Å². The number of benzene rings is 2. The summed E-state index contributed by atoms with van der Waals surface area (Å²) in [5.41, 5.74) is 8.82. The van der Waals surface area contributed by atoms with Crippen LogP contribution in [0.25, 0.3) is 11.4 Å². The molecule has 2 aromatic carbocycles. The maximum Gasteiger partial charge on any atom is 0.248 e. The van der Waals surface area contributed by atoms with Gasteiger partial charge < -0.3 is 10.3 Å². The molecule has 0 fully saturated rings. The van der Waals surface area contributed by atoms with E-state index in [1.54, 1.807) is 0 Å². The molecular formula is C20H24N4O. The third-order valence-electron chi connectivity index (χ3n) is 4.42. The fourth-order valence-electron chi connectivity index (χ4n) is 2.99. The fraction of sp³-hybridized carbons (Fsp3) is 0.300. The van der Waals surface area contributed by atoms with Gasteiger partial charge in [-0.15, -0.1) is 0 Å². The largest absolute Gasteiger partial charge is 0.337 e. The maximum atomic E-state index is 5.66. The molecule has 0 saturated carbocycles. The number of nitrogens with two attached hydrogens (primary N) is 1. The van der Waals surface area contributed by atoms with Gasteiger partial charge >= 0.3 is 0 Å². The average molecular weight is 336 g/mol.